The smallest absolute Gasteiger partial charge is 0.407 e. The van der Waals surface area contributed by atoms with Crippen molar-refractivity contribution in [2.75, 3.05) is 39.0 Å². The Morgan fingerprint density at radius 3 is 2.48 bits per heavy atom. The highest BCUT2D eigenvalue weighted by molar-refractivity contribution is 7.90. The minimum atomic E-state index is -3.50. The average molecular weight is 432 g/mol. The Morgan fingerprint density at radius 1 is 1.24 bits per heavy atom. The van der Waals surface area contributed by atoms with Gasteiger partial charge in [0.25, 0.3) is 0 Å². The van der Waals surface area contributed by atoms with Crippen LogP contribution in [0.25, 0.3) is 0 Å². The number of carbonyl (C=O) groups is 1. The molecule has 2 aliphatic rings. The summed E-state index contributed by atoms with van der Waals surface area (Å²) in [5, 5.41) is 9.01. The fourth-order valence-corrected chi connectivity index (χ4v) is 4.66. The monoisotopic (exact) mass is 432 g/mol. The molecule has 1 N–H and O–H groups in total. The molecule has 0 spiro atoms. The van der Waals surface area contributed by atoms with Crippen molar-refractivity contribution in [1.29, 1.82) is 0 Å². The summed E-state index contributed by atoms with van der Waals surface area (Å²) in [5.41, 5.74) is 0. The molecule has 1 heterocycles. The predicted molar refractivity (Wildman–Crippen MR) is 102 cm³/mol. The van der Waals surface area contributed by atoms with Crippen LogP contribution in [0.2, 0.25) is 0 Å². The number of ether oxygens (including phenoxy) is 1. The predicted octanol–water partition coefficient (Wildman–Crippen LogP) is 2.41. The van der Waals surface area contributed by atoms with Crippen molar-refractivity contribution in [3.63, 3.8) is 0 Å². The van der Waals surface area contributed by atoms with Crippen molar-refractivity contribution in [3.8, 4) is 5.75 Å². The molecule has 1 saturated carbocycles. The van der Waals surface area contributed by atoms with Crippen LogP contribution in [0.3, 0.4) is 0 Å². The van der Waals surface area contributed by atoms with Gasteiger partial charge in [0.1, 0.15) is 6.17 Å². The molecule has 1 saturated heterocycles. The molecular weight excluding hydrogens is 406 g/mol. The Labute approximate surface area is 169 Å². The van der Waals surface area contributed by atoms with Gasteiger partial charge >= 0.3 is 6.09 Å². The number of piperazine rings is 1. The molecule has 1 aromatic carbocycles. The largest absolute Gasteiger partial charge is 0.490 e. The topological polar surface area (TPSA) is 87.2 Å². The molecule has 0 radical (unpaired) electrons. The summed E-state index contributed by atoms with van der Waals surface area (Å²) in [6, 6.07) is 3.27. The van der Waals surface area contributed by atoms with E-state index >= 15 is 0 Å². The lowest BCUT2D eigenvalue weighted by Crippen LogP contribution is -2.55. The molecule has 0 bridgehead atoms. The molecule has 162 valence electrons. The zero-order valence-corrected chi connectivity index (χ0v) is 17.1. The summed E-state index contributed by atoms with van der Waals surface area (Å²) in [5.74, 6) is -0.857. The summed E-state index contributed by atoms with van der Waals surface area (Å²) in [6.45, 7) is 1.98. The highest BCUT2D eigenvalue weighted by Crippen LogP contribution is 2.32. The summed E-state index contributed by atoms with van der Waals surface area (Å²) >= 11 is 0. The van der Waals surface area contributed by atoms with Crippen LogP contribution in [0.15, 0.2) is 23.1 Å². The van der Waals surface area contributed by atoms with Crippen molar-refractivity contribution >= 4 is 15.9 Å². The van der Waals surface area contributed by atoms with Crippen molar-refractivity contribution in [1.82, 2.24) is 9.80 Å². The van der Waals surface area contributed by atoms with Gasteiger partial charge in [-0.15, -0.1) is 0 Å². The first-order valence-corrected chi connectivity index (χ1v) is 11.5. The van der Waals surface area contributed by atoms with Crippen LogP contribution < -0.4 is 4.74 Å². The number of benzene rings is 1. The van der Waals surface area contributed by atoms with Gasteiger partial charge in [-0.3, -0.25) is 4.90 Å². The molecule has 0 aromatic heterocycles. The SMILES string of the molecule is CS(=O)(=O)c1ccc(OCC2CCC(N3CCN(C(=O)O)CC3)C(F)C2)c(F)c1. The van der Waals surface area contributed by atoms with E-state index < -0.39 is 27.9 Å². The summed E-state index contributed by atoms with van der Waals surface area (Å²) in [6.07, 6.45) is 0.673. The molecule has 10 heteroatoms. The minimum absolute atomic E-state index is 0.0419. The number of carboxylic acid groups (broad SMARTS) is 1. The first-order valence-electron chi connectivity index (χ1n) is 9.63. The molecular formula is C19H26F2N2O5S. The maximum atomic E-state index is 14.8. The van der Waals surface area contributed by atoms with Gasteiger partial charge in [0, 0.05) is 38.5 Å². The molecule has 7 nitrogen and oxygen atoms in total. The van der Waals surface area contributed by atoms with Gasteiger partial charge in [0.05, 0.1) is 11.5 Å². The lowest BCUT2D eigenvalue weighted by Gasteiger charge is -2.42. The van der Waals surface area contributed by atoms with Crippen molar-refractivity contribution in [2.45, 2.75) is 36.4 Å². The number of sulfone groups is 1. The Morgan fingerprint density at radius 2 is 1.93 bits per heavy atom. The second-order valence-corrected chi connectivity index (χ2v) is 9.76. The molecule has 29 heavy (non-hydrogen) atoms. The Balaban J connectivity index is 1.50. The Kier molecular flexibility index (Phi) is 6.62. The van der Waals surface area contributed by atoms with Gasteiger partial charge in [-0.2, -0.15) is 0 Å². The second kappa shape index (κ2) is 8.83. The van der Waals surface area contributed by atoms with Gasteiger partial charge in [-0.05, 0) is 43.4 Å². The second-order valence-electron chi connectivity index (χ2n) is 7.74. The van der Waals surface area contributed by atoms with Gasteiger partial charge in [-0.1, -0.05) is 0 Å². The summed E-state index contributed by atoms with van der Waals surface area (Å²) in [7, 11) is -3.50. The van der Waals surface area contributed by atoms with Crippen LogP contribution in [-0.4, -0.2) is 80.7 Å². The molecule has 2 fully saturated rings. The molecule has 1 amide bonds. The maximum absolute atomic E-state index is 14.8. The van der Waals surface area contributed by atoms with E-state index in [9.17, 15) is 22.0 Å². The quantitative estimate of drug-likeness (QED) is 0.769. The van der Waals surface area contributed by atoms with Crippen LogP contribution in [0.5, 0.6) is 5.75 Å². The van der Waals surface area contributed by atoms with E-state index in [1.54, 1.807) is 0 Å². The zero-order valence-electron chi connectivity index (χ0n) is 16.3. The number of hydrogen-bond acceptors (Lipinski definition) is 5. The average Bonchev–Trinajstić information content (AvgIpc) is 2.66. The lowest BCUT2D eigenvalue weighted by molar-refractivity contribution is 0.0166. The van der Waals surface area contributed by atoms with Crippen LogP contribution >= 0.6 is 0 Å². The first kappa shape index (κ1) is 21.8. The Hall–Kier alpha value is -1.94. The summed E-state index contributed by atoms with van der Waals surface area (Å²) < 4.78 is 57.3. The van der Waals surface area contributed by atoms with Crippen LogP contribution in [-0.2, 0) is 9.84 Å². The highest BCUT2D eigenvalue weighted by atomic mass is 32.2. The number of hydrogen-bond donors (Lipinski definition) is 1. The van der Waals surface area contributed by atoms with Gasteiger partial charge in [0.2, 0.25) is 0 Å². The van der Waals surface area contributed by atoms with E-state index in [-0.39, 0.29) is 29.2 Å². The standard InChI is InChI=1S/C19H26F2N2O5S/c1-29(26,27)14-3-5-18(16(21)11-14)28-12-13-2-4-17(15(20)10-13)22-6-8-23(9-7-22)19(24)25/h3,5,11,13,15,17H,2,4,6-10,12H2,1H3,(H,24,25). The van der Waals surface area contributed by atoms with Crippen molar-refractivity contribution in [2.24, 2.45) is 5.92 Å². The molecule has 1 aliphatic heterocycles. The first-order chi connectivity index (χ1) is 13.6. The minimum Gasteiger partial charge on any atom is -0.490 e. The third-order valence-electron chi connectivity index (χ3n) is 5.71. The van der Waals surface area contributed by atoms with Crippen molar-refractivity contribution in [3.05, 3.63) is 24.0 Å². The normalized spacial score (nSPS) is 26.3. The van der Waals surface area contributed by atoms with E-state index in [1.807, 2.05) is 4.90 Å². The molecule has 1 aromatic rings. The lowest BCUT2D eigenvalue weighted by atomic mass is 9.84. The van der Waals surface area contributed by atoms with Crippen LogP contribution in [0, 0.1) is 11.7 Å². The number of halogens is 2. The molecule has 3 atom stereocenters. The van der Waals surface area contributed by atoms with Crippen LogP contribution in [0.1, 0.15) is 19.3 Å². The molecule has 3 rings (SSSR count). The van der Waals surface area contributed by atoms with E-state index in [0.717, 1.165) is 18.7 Å². The van der Waals surface area contributed by atoms with E-state index in [2.05, 4.69) is 0 Å². The highest BCUT2D eigenvalue weighted by Gasteiger charge is 2.36. The fraction of sp³-hybridized carbons (Fsp3) is 0.632. The van der Waals surface area contributed by atoms with Crippen molar-refractivity contribution < 1.29 is 31.8 Å². The fourth-order valence-electron chi connectivity index (χ4n) is 4.03. The Bertz CT molecular complexity index is 843. The van der Waals surface area contributed by atoms with Gasteiger partial charge in [-0.25, -0.2) is 22.0 Å². The third-order valence-corrected chi connectivity index (χ3v) is 6.82. The number of nitrogens with zero attached hydrogens (tertiary/aromatic N) is 2. The molecule has 1 aliphatic carbocycles. The maximum Gasteiger partial charge on any atom is 0.407 e. The third kappa shape index (κ3) is 5.36. The van der Waals surface area contributed by atoms with E-state index in [1.165, 1.54) is 17.0 Å². The van der Waals surface area contributed by atoms with Gasteiger partial charge in [0.15, 0.2) is 21.4 Å². The summed E-state index contributed by atoms with van der Waals surface area (Å²) in [4.78, 5) is 14.2. The van der Waals surface area contributed by atoms with E-state index in [4.69, 9.17) is 9.84 Å². The number of amides is 1. The number of rotatable bonds is 5. The zero-order chi connectivity index (χ0) is 21.2. The van der Waals surface area contributed by atoms with Crippen LogP contribution in [0.4, 0.5) is 13.6 Å². The van der Waals surface area contributed by atoms with Gasteiger partial charge < -0.3 is 14.7 Å². The molecule has 3 unspecified atom stereocenters. The number of alkyl halides is 1. The van der Waals surface area contributed by atoms with E-state index in [0.29, 0.717) is 39.0 Å².